The standard InChI is InChI=1S/C12H21N3S/c1-8(2)10-5-4-6-15(10)12-14-9(3)11(7-13)16-12/h8,10H,4-7,13H2,1-3H3. The SMILES string of the molecule is Cc1nc(N2CCCC2C(C)C)sc1CN. The fourth-order valence-electron chi connectivity index (χ4n) is 2.45. The van der Waals surface area contributed by atoms with Gasteiger partial charge in [-0.15, -0.1) is 11.3 Å². The van der Waals surface area contributed by atoms with Crippen LogP contribution in [0.15, 0.2) is 0 Å². The number of aromatic nitrogens is 1. The van der Waals surface area contributed by atoms with Gasteiger partial charge >= 0.3 is 0 Å². The summed E-state index contributed by atoms with van der Waals surface area (Å²) in [5.41, 5.74) is 6.82. The van der Waals surface area contributed by atoms with E-state index in [1.165, 1.54) is 22.9 Å². The Morgan fingerprint density at radius 3 is 2.88 bits per heavy atom. The van der Waals surface area contributed by atoms with Gasteiger partial charge in [-0.3, -0.25) is 0 Å². The van der Waals surface area contributed by atoms with Crippen LogP contribution in [0.1, 0.15) is 37.3 Å². The van der Waals surface area contributed by atoms with Gasteiger partial charge in [0.2, 0.25) is 0 Å². The molecule has 1 aromatic rings. The van der Waals surface area contributed by atoms with Crippen molar-refractivity contribution < 1.29 is 0 Å². The molecule has 1 unspecified atom stereocenters. The van der Waals surface area contributed by atoms with Gasteiger partial charge in [0.25, 0.3) is 0 Å². The third kappa shape index (κ3) is 2.09. The van der Waals surface area contributed by atoms with Crippen LogP contribution in [0.5, 0.6) is 0 Å². The zero-order valence-electron chi connectivity index (χ0n) is 10.4. The second kappa shape index (κ2) is 4.72. The zero-order valence-corrected chi connectivity index (χ0v) is 11.2. The van der Waals surface area contributed by atoms with Crippen LogP contribution in [0.25, 0.3) is 0 Å². The molecule has 1 aliphatic rings. The first-order chi connectivity index (χ1) is 7.63. The lowest BCUT2D eigenvalue weighted by Gasteiger charge is -2.27. The molecule has 2 rings (SSSR count). The van der Waals surface area contributed by atoms with Crippen LogP contribution in [-0.2, 0) is 6.54 Å². The topological polar surface area (TPSA) is 42.2 Å². The first-order valence-electron chi connectivity index (χ1n) is 6.06. The Bertz CT molecular complexity index is 359. The van der Waals surface area contributed by atoms with Crippen LogP contribution in [0.2, 0.25) is 0 Å². The van der Waals surface area contributed by atoms with Crippen molar-refractivity contribution in [2.45, 2.75) is 46.2 Å². The molecule has 0 saturated carbocycles. The van der Waals surface area contributed by atoms with Gasteiger partial charge in [0.15, 0.2) is 5.13 Å². The van der Waals surface area contributed by atoms with Crippen LogP contribution in [0.4, 0.5) is 5.13 Å². The molecule has 0 aromatic carbocycles. The maximum Gasteiger partial charge on any atom is 0.186 e. The van der Waals surface area contributed by atoms with E-state index >= 15 is 0 Å². The number of aryl methyl sites for hydroxylation is 1. The summed E-state index contributed by atoms with van der Waals surface area (Å²) in [6.45, 7) is 8.42. The third-order valence-corrected chi connectivity index (χ3v) is 4.60. The molecule has 1 aromatic heterocycles. The summed E-state index contributed by atoms with van der Waals surface area (Å²) < 4.78 is 0. The molecular formula is C12H21N3S. The first-order valence-corrected chi connectivity index (χ1v) is 6.88. The van der Waals surface area contributed by atoms with Gasteiger partial charge in [-0.2, -0.15) is 0 Å². The highest BCUT2D eigenvalue weighted by Crippen LogP contribution is 2.33. The monoisotopic (exact) mass is 239 g/mol. The van der Waals surface area contributed by atoms with Crippen LogP contribution in [0.3, 0.4) is 0 Å². The summed E-state index contributed by atoms with van der Waals surface area (Å²) in [4.78, 5) is 8.36. The Balaban J connectivity index is 2.22. The van der Waals surface area contributed by atoms with E-state index in [4.69, 9.17) is 5.73 Å². The lowest BCUT2D eigenvalue weighted by Crippen LogP contribution is -2.33. The summed E-state index contributed by atoms with van der Waals surface area (Å²) >= 11 is 1.77. The molecule has 2 N–H and O–H groups in total. The Kier molecular flexibility index (Phi) is 3.50. The lowest BCUT2D eigenvalue weighted by atomic mass is 10.0. The Hall–Kier alpha value is -0.610. The van der Waals surface area contributed by atoms with E-state index in [1.807, 2.05) is 0 Å². The van der Waals surface area contributed by atoms with Crippen LogP contribution in [-0.4, -0.2) is 17.6 Å². The smallest absolute Gasteiger partial charge is 0.186 e. The molecule has 1 aliphatic heterocycles. The van der Waals surface area contributed by atoms with Crippen molar-refractivity contribution in [2.24, 2.45) is 11.7 Å². The van der Waals surface area contributed by atoms with Crippen LogP contribution < -0.4 is 10.6 Å². The first kappa shape index (κ1) is 11.9. The lowest BCUT2D eigenvalue weighted by molar-refractivity contribution is 0.491. The van der Waals surface area contributed by atoms with Crippen molar-refractivity contribution in [3.8, 4) is 0 Å². The van der Waals surface area contributed by atoms with Crippen LogP contribution in [0, 0.1) is 12.8 Å². The van der Waals surface area contributed by atoms with Gasteiger partial charge in [-0.25, -0.2) is 4.98 Å². The summed E-state index contributed by atoms with van der Waals surface area (Å²) in [6.07, 6.45) is 2.59. The summed E-state index contributed by atoms with van der Waals surface area (Å²) in [5, 5.41) is 1.18. The largest absolute Gasteiger partial charge is 0.345 e. The summed E-state index contributed by atoms with van der Waals surface area (Å²) in [7, 11) is 0. The van der Waals surface area contributed by atoms with Gasteiger partial charge in [0.05, 0.1) is 5.69 Å². The maximum atomic E-state index is 5.71. The van der Waals surface area contributed by atoms with Gasteiger partial charge < -0.3 is 10.6 Å². The quantitative estimate of drug-likeness (QED) is 0.881. The van der Waals surface area contributed by atoms with E-state index in [0.717, 1.165) is 12.2 Å². The van der Waals surface area contributed by atoms with Crippen molar-refractivity contribution in [1.82, 2.24) is 4.98 Å². The fourth-order valence-corrected chi connectivity index (χ4v) is 3.47. The molecule has 90 valence electrons. The minimum absolute atomic E-state index is 0.615. The number of nitrogens with zero attached hydrogens (tertiary/aromatic N) is 2. The number of hydrogen-bond donors (Lipinski definition) is 1. The molecule has 16 heavy (non-hydrogen) atoms. The Morgan fingerprint density at radius 1 is 1.56 bits per heavy atom. The number of anilines is 1. The molecule has 0 spiro atoms. The second-order valence-corrected chi connectivity index (χ2v) is 5.92. The molecule has 0 bridgehead atoms. The van der Waals surface area contributed by atoms with E-state index in [9.17, 15) is 0 Å². The van der Waals surface area contributed by atoms with Crippen molar-refractivity contribution in [1.29, 1.82) is 0 Å². The molecule has 2 heterocycles. The minimum atomic E-state index is 0.615. The zero-order chi connectivity index (χ0) is 11.7. The van der Waals surface area contributed by atoms with Crippen molar-refractivity contribution in [2.75, 3.05) is 11.4 Å². The third-order valence-electron chi connectivity index (χ3n) is 3.38. The Labute approximate surface area is 102 Å². The summed E-state index contributed by atoms with van der Waals surface area (Å²) in [5.74, 6) is 0.702. The van der Waals surface area contributed by atoms with Gasteiger partial charge in [-0.05, 0) is 25.7 Å². The highest BCUT2D eigenvalue weighted by atomic mass is 32.1. The van der Waals surface area contributed by atoms with Gasteiger partial charge in [0.1, 0.15) is 0 Å². The number of nitrogens with two attached hydrogens (primary N) is 1. The van der Waals surface area contributed by atoms with Crippen LogP contribution >= 0.6 is 11.3 Å². The molecule has 0 aliphatic carbocycles. The van der Waals surface area contributed by atoms with E-state index < -0.39 is 0 Å². The Morgan fingerprint density at radius 2 is 2.31 bits per heavy atom. The van der Waals surface area contributed by atoms with E-state index in [0.29, 0.717) is 18.5 Å². The van der Waals surface area contributed by atoms with E-state index in [1.54, 1.807) is 11.3 Å². The predicted octanol–water partition coefficient (Wildman–Crippen LogP) is 2.54. The highest BCUT2D eigenvalue weighted by molar-refractivity contribution is 7.15. The second-order valence-electron chi connectivity index (χ2n) is 4.86. The molecule has 0 amide bonds. The van der Waals surface area contributed by atoms with Gasteiger partial charge in [0, 0.05) is 24.0 Å². The predicted molar refractivity (Wildman–Crippen MR) is 69.9 cm³/mol. The van der Waals surface area contributed by atoms with E-state index in [2.05, 4.69) is 30.7 Å². The van der Waals surface area contributed by atoms with E-state index in [-0.39, 0.29) is 0 Å². The highest BCUT2D eigenvalue weighted by Gasteiger charge is 2.29. The molecular weight excluding hydrogens is 218 g/mol. The van der Waals surface area contributed by atoms with Crippen molar-refractivity contribution >= 4 is 16.5 Å². The maximum absolute atomic E-state index is 5.71. The normalized spacial score (nSPS) is 21.1. The molecule has 1 saturated heterocycles. The molecule has 4 heteroatoms. The number of rotatable bonds is 3. The molecule has 1 fully saturated rings. The molecule has 0 radical (unpaired) electrons. The average Bonchev–Trinajstić information content (AvgIpc) is 2.82. The summed E-state index contributed by atoms with van der Waals surface area (Å²) in [6, 6.07) is 0.663. The van der Waals surface area contributed by atoms with Gasteiger partial charge in [-0.1, -0.05) is 13.8 Å². The van der Waals surface area contributed by atoms with Crippen molar-refractivity contribution in [3.05, 3.63) is 10.6 Å². The molecule has 3 nitrogen and oxygen atoms in total. The number of hydrogen-bond acceptors (Lipinski definition) is 4. The number of thiazole rings is 1. The van der Waals surface area contributed by atoms with Crippen molar-refractivity contribution in [3.63, 3.8) is 0 Å². The molecule has 1 atom stereocenters. The average molecular weight is 239 g/mol. The minimum Gasteiger partial charge on any atom is -0.345 e. The fraction of sp³-hybridized carbons (Fsp3) is 0.750.